The molecule has 0 aromatic heterocycles. The van der Waals surface area contributed by atoms with E-state index in [1.54, 1.807) is 13.8 Å². The number of Topliss-reactive ketones (excluding diaryl/α,β-unsaturated/α-hetero) is 1. The monoisotopic (exact) mass is 230 g/mol. The van der Waals surface area contributed by atoms with Gasteiger partial charge in [0, 0.05) is 12.8 Å². The molecule has 0 aromatic rings. The van der Waals surface area contributed by atoms with Gasteiger partial charge in [0.05, 0.1) is 0 Å². The molecule has 0 bridgehead atoms. The first kappa shape index (κ1) is 14.6. The molecule has 0 aliphatic heterocycles. The van der Waals surface area contributed by atoms with Gasteiger partial charge in [-0.15, -0.1) is 0 Å². The summed E-state index contributed by atoms with van der Waals surface area (Å²) in [5.74, 6) is -2.45. The Kier molecular flexibility index (Phi) is 5.71. The molecule has 0 aliphatic rings. The van der Waals surface area contributed by atoms with E-state index in [0.717, 1.165) is 0 Å². The van der Waals surface area contributed by atoms with Gasteiger partial charge in [-0.25, -0.2) is 0 Å². The third-order valence-corrected chi connectivity index (χ3v) is 2.94. The van der Waals surface area contributed by atoms with Crippen LogP contribution in [0.15, 0.2) is 0 Å². The summed E-state index contributed by atoms with van der Waals surface area (Å²) in [5.41, 5.74) is -1.33. The molecule has 0 fully saturated rings. The number of rotatable bonds is 8. The van der Waals surface area contributed by atoms with E-state index in [4.69, 9.17) is 10.2 Å². The number of carboxylic acid groups (broad SMARTS) is 2. The van der Waals surface area contributed by atoms with Gasteiger partial charge in [0.15, 0.2) is 0 Å². The van der Waals surface area contributed by atoms with Crippen molar-refractivity contribution in [3.8, 4) is 0 Å². The molecule has 0 aromatic carbocycles. The Morgan fingerprint density at radius 3 is 1.81 bits per heavy atom. The molecule has 0 saturated heterocycles. The Hall–Kier alpha value is -1.39. The van der Waals surface area contributed by atoms with Crippen LogP contribution in [0, 0.1) is 5.41 Å². The van der Waals surface area contributed by atoms with Crippen molar-refractivity contribution in [2.75, 3.05) is 0 Å². The minimum absolute atomic E-state index is 0.0142. The van der Waals surface area contributed by atoms with Gasteiger partial charge in [-0.2, -0.15) is 0 Å². The molecule has 2 N–H and O–H groups in total. The van der Waals surface area contributed by atoms with Crippen molar-refractivity contribution in [2.45, 2.75) is 46.0 Å². The number of hydrogen-bond donors (Lipinski definition) is 2. The summed E-state index contributed by atoms with van der Waals surface area (Å²) in [6.07, 6.45) is 0.591. The number of ketones is 1. The van der Waals surface area contributed by atoms with Gasteiger partial charge in [-0.3, -0.25) is 14.4 Å². The first-order valence-corrected chi connectivity index (χ1v) is 5.39. The van der Waals surface area contributed by atoms with E-state index < -0.39 is 17.4 Å². The van der Waals surface area contributed by atoms with Crippen molar-refractivity contribution in [1.29, 1.82) is 0 Å². The van der Waals surface area contributed by atoms with Crippen molar-refractivity contribution < 1.29 is 24.6 Å². The summed E-state index contributed by atoms with van der Waals surface area (Å²) in [6.45, 7) is 3.32. The van der Waals surface area contributed by atoms with E-state index in [2.05, 4.69) is 0 Å². The highest BCUT2D eigenvalue weighted by atomic mass is 16.4. The quantitative estimate of drug-likeness (QED) is 0.619. The molecule has 0 saturated carbocycles. The zero-order valence-electron chi connectivity index (χ0n) is 9.65. The Morgan fingerprint density at radius 2 is 1.50 bits per heavy atom. The molecule has 92 valence electrons. The highest BCUT2D eigenvalue weighted by Crippen LogP contribution is 2.30. The van der Waals surface area contributed by atoms with Crippen LogP contribution in [0.25, 0.3) is 0 Å². The SMILES string of the molecule is CCC(CC)(C(=O)O)C(=O)CCCC(=O)O. The second-order valence-electron chi connectivity index (χ2n) is 3.76. The van der Waals surface area contributed by atoms with Crippen LogP contribution in [0.2, 0.25) is 0 Å². The molecular weight excluding hydrogens is 212 g/mol. The van der Waals surface area contributed by atoms with Crippen LogP contribution >= 0.6 is 0 Å². The van der Waals surface area contributed by atoms with Crippen LogP contribution in [-0.2, 0) is 14.4 Å². The van der Waals surface area contributed by atoms with Crippen molar-refractivity contribution >= 4 is 17.7 Å². The minimum Gasteiger partial charge on any atom is -0.481 e. The van der Waals surface area contributed by atoms with E-state index in [0.29, 0.717) is 0 Å². The second-order valence-corrected chi connectivity index (χ2v) is 3.76. The molecular formula is C11H18O5. The van der Waals surface area contributed by atoms with Crippen molar-refractivity contribution in [3.05, 3.63) is 0 Å². The summed E-state index contributed by atoms with van der Waals surface area (Å²) in [6, 6.07) is 0. The molecule has 0 heterocycles. The lowest BCUT2D eigenvalue weighted by Crippen LogP contribution is -2.38. The topological polar surface area (TPSA) is 91.7 Å². The Bertz CT molecular complexity index is 278. The lowest BCUT2D eigenvalue weighted by atomic mass is 9.76. The first-order chi connectivity index (χ1) is 7.40. The Labute approximate surface area is 94.5 Å². The smallest absolute Gasteiger partial charge is 0.317 e. The lowest BCUT2D eigenvalue weighted by molar-refractivity contribution is -0.155. The van der Waals surface area contributed by atoms with E-state index in [1.807, 2.05) is 0 Å². The molecule has 0 radical (unpaired) electrons. The van der Waals surface area contributed by atoms with Crippen molar-refractivity contribution in [1.82, 2.24) is 0 Å². The van der Waals surface area contributed by atoms with E-state index in [-0.39, 0.29) is 37.9 Å². The van der Waals surface area contributed by atoms with Gasteiger partial charge >= 0.3 is 11.9 Å². The third-order valence-electron chi connectivity index (χ3n) is 2.94. The maximum atomic E-state index is 11.8. The van der Waals surface area contributed by atoms with Crippen LogP contribution in [0.5, 0.6) is 0 Å². The number of aliphatic carboxylic acids is 2. The lowest BCUT2D eigenvalue weighted by Gasteiger charge is -2.24. The summed E-state index contributed by atoms with van der Waals surface area (Å²) >= 11 is 0. The van der Waals surface area contributed by atoms with Crippen LogP contribution < -0.4 is 0 Å². The molecule has 0 amide bonds. The maximum absolute atomic E-state index is 11.8. The number of hydrogen-bond acceptors (Lipinski definition) is 3. The first-order valence-electron chi connectivity index (χ1n) is 5.39. The van der Waals surface area contributed by atoms with Gasteiger partial charge in [0.1, 0.15) is 11.2 Å². The molecule has 5 heteroatoms. The summed E-state index contributed by atoms with van der Waals surface area (Å²) in [4.78, 5) is 33.1. The van der Waals surface area contributed by atoms with Gasteiger partial charge in [0.25, 0.3) is 0 Å². The highest BCUT2D eigenvalue weighted by molar-refractivity contribution is 6.03. The zero-order chi connectivity index (χ0) is 12.8. The highest BCUT2D eigenvalue weighted by Gasteiger charge is 2.41. The van der Waals surface area contributed by atoms with E-state index in [9.17, 15) is 14.4 Å². The Morgan fingerprint density at radius 1 is 1.00 bits per heavy atom. The van der Waals surface area contributed by atoms with Crippen molar-refractivity contribution in [2.24, 2.45) is 5.41 Å². The molecule has 0 aliphatic carbocycles. The molecule has 5 nitrogen and oxygen atoms in total. The van der Waals surface area contributed by atoms with Gasteiger partial charge < -0.3 is 10.2 Å². The zero-order valence-corrected chi connectivity index (χ0v) is 9.65. The fraction of sp³-hybridized carbons (Fsp3) is 0.727. The van der Waals surface area contributed by atoms with Crippen LogP contribution in [0.4, 0.5) is 0 Å². The molecule has 0 spiro atoms. The fourth-order valence-corrected chi connectivity index (χ4v) is 1.71. The summed E-state index contributed by atoms with van der Waals surface area (Å²) < 4.78 is 0. The van der Waals surface area contributed by atoms with Crippen LogP contribution in [-0.4, -0.2) is 27.9 Å². The van der Waals surface area contributed by atoms with E-state index >= 15 is 0 Å². The molecule has 16 heavy (non-hydrogen) atoms. The third kappa shape index (κ3) is 3.32. The van der Waals surface area contributed by atoms with Gasteiger partial charge in [0.2, 0.25) is 0 Å². The number of carbonyl (C=O) groups excluding carboxylic acids is 1. The van der Waals surface area contributed by atoms with Crippen LogP contribution in [0.3, 0.4) is 0 Å². The average molecular weight is 230 g/mol. The molecule has 0 unspecified atom stereocenters. The Balaban J connectivity index is 4.51. The molecule has 0 atom stereocenters. The predicted octanol–water partition coefficient (Wildman–Crippen LogP) is 1.70. The number of carboxylic acids is 2. The minimum atomic E-state index is -1.33. The van der Waals surface area contributed by atoms with E-state index in [1.165, 1.54) is 0 Å². The van der Waals surface area contributed by atoms with Crippen molar-refractivity contribution in [3.63, 3.8) is 0 Å². The van der Waals surface area contributed by atoms with Gasteiger partial charge in [-0.1, -0.05) is 13.8 Å². The summed E-state index contributed by atoms with van der Waals surface area (Å²) in [5, 5.41) is 17.5. The molecule has 0 rings (SSSR count). The standard InChI is InChI=1S/C11H18O5/c1-3-11(4-2,10(15)16)8(12)6-5-7-9(13)14/h3-7H2,1-2H3,(H,13,14)(H,15,16). The van der Waals surface area contributed by atoms with Crippen LogP contribution in [0.1, 0.15) is 46.0 Å². The van der Waals surface area contributed by atoms with Gasteiger partial charge in [-0.05, 0) is 19.3 Å². The maximum Gasteiger partial charge on any atom is 0.317 e. The number of carbonyl (C=O) groups is 3. The summed E-state index contributed by atoms with van der Waals surface area (Å²) in [7, 11) is 0. The average Bonchev–Trinajstić information content (AvgIpc) is 2.19. The second kappa shape index (κ2) is 6.25. The predicted molar refractivity (Wildman–Crippen MR) is 57.1 cm³/mol. The largest absolute Gasteiger partial charge is 0.481 e. The fourth-order valence-electron chi connectivity index (χ4n) is 1.71. The normalized spacial score (nSPS) is 11.1.